The van der Waals surface area contributed by atoms with Crippen LogP contribution in [0.2, 0.25) is 0 Å². The molecular formula is C8H15N3O. The number of hydrogen-bond donors (Lipinski definition) is 3. The minimum Gasteiger partial charge on any atom is -0.386 e. The molecule has 0 aromatic rings. The Morgan fingerprint density at radius 2 is 2.17 bits per heavy atom. The number of rotatable bonds is 0. The average molecular weight is 169 g/mol. The summed E-state index contributed by atoms with van der Waals surface area (Å²) in [5, 5.41) is 5.64. The number of amides is 1. The average Bonchev–Trinajstić information content (AvgIpc) is 2.63. The molecule has 0 aromatic heterocycles. The molecule has 2 aliphatic rings. The molecule has 4 N–H and O–H groups in total. The standard InChI is InChI=1S/C4H8N2.C4H7NO/c5-4-2-1-3-6-4;6-4-2-1-3-5-4/h2,6H,1,3,5H2;1-3H2,(H,5,6). The summed E-state index contributed by atoms with van der Waals surface area (Å²) in [5.41, 5.74) is 5.28. The van der Waals surface area contributed by atoms with Crippen LogP contribution in [0.15, 0.2) is 11.9 Å². The van der Waals surface area contributed by atoms with E-state index in [9.17, 15) is 4.79 Å². The second-order valence-corrected chi connectivity index (χ2v) is 2.83. The summed E-state index contributed by atoms with van der Waals surface area (Å²) in [6.45, 7) is 1.91. The van der Waals surface area contributed by atoms with Gasteiger partial charge in [-0.25, -0.2) is 0 Å². The predicted molar refractivity (Wildman–Crippen MR) is 47.1 cm³/mol. The molecule has 0 radical (unpaired) electrons. The summed E-state index contributed by atoms with van der Waals surface area (Å²) in [4.78, 5) is 10.1. The van der Waals surface area contributed by atoms with Gasteiger partial charge in [0.15, 0.2) is 0 Å². The van der Waals surface area contributed by atoms with E-state index in [1.54, 1.807) is 0 Å². The van der Waals surface area contributed by atoms with Crippen molar-refractivity contribution >= 4 is 5.91 Å². The smallest absolute Gasteiger partial charge is 0.220 e. The summed E-state index contributed by atoms with van der Waals surface area (Å²) in [5.74, 6) is 1.03. The first kappa shape index (κ1) is 8.90. The minimum absolute atomic E-state index is 0.204. The normalized spacial score (nSPS) is 20.3. The van der Waals surface area contributed by atoms with Gasteiger partial charge in [-0.2, -0.15) is 0 Å². The maximum absolute atomic E-state index is 10.1. The van der Waals surface area contributed by atoms with Gasteiger partial charge in [0, 0.05) is 19.5 Å². The molecule has 2 aliphatic heterocycles. The number of hydrogen-bond acceptors (Lipinski definition) is 3. The van der Waals surface area contributed by atoms with E-state index in [4.69, 9.17) is 5.73 Å². The topological polar surface area (TPSA) is 67.1 Å². The molecule has 0 unspecified atom stereocenters. The van der Waals surface area contributed by atoms with Crippen molar-refractivity contribution in [2.75, 3.05) is 13.1 Å². The van der Waals surface area contributed by atoms with Gasteiger partial charge >= 0.3 is 0 Å². The zero-order chi connectivity index (χ0) is 8.81. The van der Waals surface area contributed by atoms with Crippen LogP contribution >= 0.6 is 0 Å². The fourth-order valence-corrected chi connectivity index (χ4v) is 1.08. The highest BCUT2D eigenvalue weighted by Gasteiger charge is 2.05. The molecular weight excluding hydrogens is 154 g/mol. The van der Waals surface area contributed by atoms with Crippen molar-refractivity contribution in [2.45, 2.75) is 19.3 Å². The van der Waals surface area contributed by atoms with E-state index in [2.05, 4.69) is 10.6 Å². The predicted octanol–water partition coefficient (Wildman–Crippen LogP) is -0.324. The fraction of sp³-hybridized carbons (Fsp3) is 0.625. The van der Waals surface area contributed by atoms with E-state index in [0.717, 1.165) is 38.2 Å². The lowest BCUT2D eigenvalue weighted by Crippen LogP contribution is -2.13. The number of carbonyl (C=O) groups is 1. The van der Waals surface area contributed by atoms with E-state index in [1.165, 1.54) is 0 Å². The molecule has 0 bridgehead atoms. The molecule has 2 rings (SSSR count). The van der Waals surface area contributed by atoms with E-state index in [1.807, 2.05) is 6.08 Å². The molecule has 12 heavy (non-hydrogen) atoms. The highest BCUT2D eigenvalue weighted by molar-refractivity contribution is 5.77. The maximum Gasteiger partial charge on any atom is 0.220 e. The minimum atomic E-state index is 0.204. The Balaban J connectivity index is 0.000000120. The third kappa shape index (κ3) is 3.27. The van der Waals surface area contributed by atoms with Crippen molar-refractivity contribution in [3.05, 3.63) is 11.9 Å². The monoisotopic (exact) mass is 169 g/mol. The lowest BCUT2D eigenvalue weighted by Gasteiger charge is -1.89. The van der Waals surface area contributed by atoms with Crippen LogP contribution in [0.3, 0.4) is 0 Å². The van der Waals surface area contributed by atoms with Gasteiger partial charge in [0.25, 0.3) is 0 Å². The molecule has 0 atom stereocenters. The Hall–Kier alpha value is -1.19. The molecule has 0 spiro atoms. The van der Waals surface area contributed by atoms with Gasteiger partial charge in [-0.3, -0.25) is 4.79 Å². The number of nitrogens with one attached hydrogen (secondary N) is 2. The lowest BCUT2D eigenvalue weighted by molar-refractivity contribution is -0.119. The van der Waals surface area contributed by atoms with E-state index < -0.39 is 0 Å². The largest absolute Gasteiger partial charge is 0.386 e. The summed E-state index contributed by atoms with van der Waals surface area (Å²) in [6, 6.07) is 0. The second-order valence-electron chi connectivity index (χ2n) is 2.83. The third-order valence-corrected chi connectivity index (χ3v) is 1.74. The van der Waals surface area contributed by atoms with Crippen molar-refractivity contribution in [2.24, 2.45) is 5.73 Å². The molecule has 1 amide bonds. The van der Waals surface area contributed by atoms with E-state index >= 15 is 0 Å². The van der Waals surface area contributed by atoms with Crippen molar-refractivity contribution < 1.29 is 4.79 Å². The molecule has 0 aliphatic carbocycles. The van der Waals surface area contributed by atoms with Gasteiger partial charge in [0.2, 0.25) is 5.91 Å². The third-order valence-electron chi connectivity index (χ3n) is 1.74. The Bertz CT molecular complexity index is 181. The first-order chi connectivity index (χ1) is 5.79. The summed E-state index contributed by atoms with van der Waals surface area (Å²) in [7, 11) is 0. The van der Waals surface area contributed by atoms with Crippen molar-refractivity contribution in [3.8, 4) is 0 Å². The van der Waals surface area contributed by atoms with E-state index in [-0.39, 0.29) is 5.91 Å². The van der Waals surface area contributed by atoms with Crippen LogP contribution in [-0.2, 0) is 4.79 Å². The van der Waals surface area contributed by atoms with Crippen LogP contribution in [0.5, 0.6) is 0 Å². The first-order valence-corrected chi connectivity index (χ1v) is 4.25. The SMILES string of the molecule is NC1=CCCN1.O=C1CCCN1. The highest BCUT2D eigenvalue weighted by atomic mass is 16.1. The Morgan fingerprint density at radius 3 is 2.33 bits per heavy atom. The molecule has 0 aromatic carbocycles. The fourth-order valence-electron chi connectivity index (χ4n) is 1.08. The Labute approximate surface area is 72.2 Å². The second kappa shape index (κ2) is 4.64. The van der Waals surface area contributed by atoms with Gasteiger partial charge in [-0.15, -0.1) is 0 Å². The van der Waals surface area contributed by atoms with Crippen molar-refractivity contribution in [3.63, 3.8) is 0 Å². The molecule has 1 fully saturated rings. The zero-order valence-electron chi connectivity index (χ0n) is 7.10. The summed E-state index contributed by atoms with van der Waals surface area (Å²) < 4.78 is 0. The van der Waals surface area contributed by atoms with Gasteiger partial charge < -0.3 is 16.4 Å². The maximum atomic E-state index is 10.1. The molecule has 68 valence electrons. The van der Waals surface area contributed by atoms with Gasteiger partial charge in [0.1, 0.15) is 0 Å². The van der Waals surface area contributed by atoms with Crippen LogP contribution in [0.25, 0.3) is 0 Å². The van der Waals surface area contributed by atoms with Crippen LogP contribution in [-0.4, -0.2) is 19.0 Å². The Kier molecular flexibility index (Phi) is 3.44. The molecule has 4 heteroatoms. The summed E-state index contributed by atoms with van der Waals surface area (Å²) >= 11 is 0. The van der Waals surface area contributed by atoms with Gasteiger partial charge in [-0.1, -0.05) is 0 Å². The number of carbonyl (C=O) groups excluding carboxylic acids is 1. The van der Waals surface area contributed by atoms with Crippen LogP contribution < -0.4 is 16.4 Å². The molecule has 4 nitrogen and oxygen atoms in total. The van der Waals surface area contributed by atoms with Gasteiger partial charge in [0.05, 0.1) is 5.82 Å². The van der Waals surface area contributed by atoms with E-state index in [0.29, 0.717) is 0 Å². The lowest BCUT2D eigenvalue weighted by atomic mass is 10.4. The van der Waals surface area contributed by atoms with Gasteiger partial charge in [-0.05, 0) is 18.9 Å². The number of nitrogens with two attached hydrogens (primary N) is 1. The molecule has 0 saturated carbocycles. The zero-order valence-corrected chi connectivity index (χ0v) is 7.10. The molecule has 2 heterocycles. The van der Waals surface area contributed by atoms with Crippen molar-refractivity contribution in [1.29, 1.82) is 0 Å². The molecule has 1 saturated heterocycles. The Morgan fingerprint density at radius 1 is 1.33 bits per heavy atom. The van der Waals surface area contributed by atoms with Crippen LogP contribution in [0.1, 0.15) is 19.3 Å². The van der Waals surface area contributed by atoms with Crippen molar-refractivity contribution in [1.82, 2.24) is 10.6 Å². The van der Waals surface area contributed by atoms with Crippen LogP contribution in [0, 0.1) is 0 Å². The first-order valence-electron chi connectivity index (χ1n) is 4.25. The summed E-state index contributed by atoms with van der Waals surface area (Å²) in [6.07, 6.45) is 4.84. The van der Waals surface area contributed by atoms with Crippen LogP contribution in [0.4, 0.5) is 0 Å². The quantitative estimate of drug-likeness (QED) is 0.465. The highest BCUT2D eigenvalue weighted by Crippen LogP contribution is 1.93.